The van der Waals surface area contributed by atoms with Gasteiger partial charge < -0.3 is 20.9 Å². The monoisotopic (exact) mass is 476 g/mol. The van der Waals surface area contributed by atoms with Crippen LogP contribution in [0, 0.1) is 13.8 Å². The first-order valence-electron chi connectivity index (χ1n) is 10.8. The van der Waals surface area contributed by atoms with Crippen molar-refractivity contribution in [1.29, 1.82) is 0 Å². The van der Waals surface area contributed by atoms with Crippen molar-refractivity contribution >= 4 is 51.6 Å². The van der Waals surface area contributed by atoms with Crippen LogP contribution in [-0.2, 0) is 0 Å². The third-order valence-corrected chi connectivity index (χ3v) is 5.86. The van der Waals surface area contributed by atoms with Crippen molar-refractivity contribution in [2.24, 2.45) is 0 Å². The van der Waals surface area contributed by atoms with E-state index in [-0.39, 0.29) is 17.6 Å². The predicted molar refractivity (Wildman–Crippen MR) is 136 cm³/mol. The molecule has 0 spiro atoms. The molecular formula is C25H25ClN6O2. The van der Waals surface area contributed by atoms with Crippen LogP contribution in [0.25, 0.3) is 11.0 Å². The van der Waals surface area contributed by atoms with Crippen LogP contribution in [0.3, 0.4) is 0 Å². The number of aryl methyl sites for hydroxylation is 2. The molecule has 0 unspecified atom stereocenters. The van der Waals surface area contributed by atoms with E-state index in [1.54, 1.807) is 36.5 Å². The van der Waals surface area contributed by atoms with Crippen LogP contribution >= 0.6 is 11.6 Å². The highest BCUT2D eigenvalue weighted by atomic mass is 35.5. The van der Waals surface area contributed by atoms with Gasteiger partial charge in [-0.15, -0.1) is 0 Å². The fourth-order valence-electron chi connectivity index (χ4n) is 3.78. The van der Waals surface area contributed by atoms with Crippen LogP contribution in [0.2, 0.25) is 5.02 Å². The number of nitrogen functional groups attached to an aromatic ring is 1. The number of urea groups is 1. The minimum absolute atomic E-state index is 0.0751. The number of hydrogen-bond acceptors (Lipinski definition) is 5. The number of rotatable bonds is 5. The first-order valence-corrected chi connectivity index (χ1v) is 11.1. The molecule has 0 saturated heterocycles. The van der Waals surface area contributed by atoms with Crippen molar-refractivity contribution in [3.8, 4) is 0 Å². The van der Waals surface area contributed by atoms with Gasteiger partial charge in [0.25, 0.3) is 0 Å². The lowest BCUT2D eigenvalue weighted by Gasteiger charge is -2.12. The fraction of sp³-hybridized carbons (Fsp3) is 0.200. The van der Waals surface area contributed by atoms with Gasteiger partial charge in [0.05, 0.1) is 10.9 Å². The van der Waals surface area contributed by atoms with Crippen LogP contribution < -0.4 is 16.4 Å². The maximum Gasteiger partial charge on any atom is 0.323 e. The summed E-state index contributed by atoms with van der Waals surface area (Å²) < 4.78 is 1.90. The maximum atomic E-state index is 13.6. The van der Waals surface area contributed by atoms with E-state index >= 15 is 0 Å². The molecule has 0 atom stereocenters. The quantitative estimate of drug-likeness (QED) is 0.318. The number of nitrogens with zero attached hydrogens (tertiary/aromatic N) is 3. The smallest absolute Gasteiger partial charge is 0.323 e. The molecule has 34 heavy (non-hydrogen) atoms. The van der Waals surface area contributed by atoms with E-state index in [4.69, 9.17) is 17.3 Å². The number of aromatic nitrogens is 3. The zero-order chi connectivity index (χ0) is 24.6. The Labute approximate surface area is 202 Å². The number of nitrogens with two attached hydrogens (primary N) is 1. The Bertz CT molecular complexity index is 1430. The summed E-state index contributed by atoms with van der Waals surface area (Å²) in [6.07, 6.45) is 3.15. The average molecular weight is 477 g/mol. The SMILES string of the molecule is Cc1ccc(Cl)cc1NC(=O)Nc1ccc(C)c(C(=O)c2cn(C(C)C)c3ncnc(N)c23)c1. The Morgan fingerprint density at radius 3 is 2.47 bits per heavy atom. The molecule has 0 fully saturated rings. The van der Waals surface area contributed by atoms with Gasteiger partial charge in [0.1, 0.15) is 17.8 Å². The van der Waals surface area contributed by atoms with Crippen LogP contribution in [0.4, 0.5) is 22.0 Å². The summed E-state index contributed by atoms with van der Waals surface area (Å²) in [5.41, 5.74) is 10.3. The number of carbonyl (C=O) groups is 2. The number of fused-ring (bicyclic) bond motifs is 1. The third kappa shape index (κ3) is 4.45. The zero-order valence-corrected chi connectivity index (χ0v) is 20.1. The number of amides is 2. The summed E-state index contributed by atoms with van der Waals surface area (Å²) in [6.45, 7) is 7.72. The number of halogens is 1. The molecule has 2 aromatic heterocycles. The lowest BCUT2D eigenvalue weighted by Crippen LogP contribution is -2.20. The van der Waals surface area contributed by atoms with Crippen LogP contribution in [0.5, 0.6) is 0 Å². The molecule has 2 aromatic carbocycles. The largest absolute Gasteiger partial charge is 0.383 e. The van der Waals surface area contributed by atoms with Crippen molar-refractivity contribution in [3.05, 3.63) is 76.2 Å². The van der Waals surface area contributed by atoms with E-state index < -0.39 is 6.03 Å². The molecule has 9 heteroatoms. The van der Waals surface area contributed by atoms with Crippen LogP contribution in [-0.4, -0.2) is 26.3 Å². The Hall–Kier alpha value is -3.91. The molecule has 0 radical (unpaired) electrons. The molecule has 0 aliphatic heterocycles. The highest BCUT2D eigenvalue weighted by Gasteiger charge is 2.22. The minimum Gasteiger partial charge on any atom is -0.383 e. The van der Waals surface area contributed by atoms with E-state index in [0.717, 1.165) is 11.1 Å². The number of hydrogen-bond donors (Lipinski definition) is 3. The molecular weight excluding hydrogens is 452 g/mol. The Morgan fingerprint density at radius 1 is 1.00 bits per heavy atom. The molecule has 174 valence electrons. The van der Waals surface area contributed by atoms with E-state index in [9.17, 15) is 9.59 Å². The number of carbonyl (C=O) groups excluding carboxylic acids is 2. The first kappa shape index (κ1) is 23.3. The predicted octanol–water partition coefficient (Wildman–Crippen LogP) is 5.74. The van der Waals surface area contributed by atoms with Gasteiger partial charge in [-0.1, -0.05) is 23.7 Å². The summed E-state index contributed by atoms with van der Waals surface area (Å²) in [5, 5.41) is 6.61. The van der Waals surface area contributed by atoms with Crippen molar-refractivity contribution in [1.82, 2.24) is 14.5 Å². The lowest BCUT2D eigenvalue weighted by molar-refractivity contribution is 0.103. The number of nitrogens with one attached hydrogen (secondary N) is 2. The summed E-state index contributed by atoms with van der Waals surface area (Å²) in [6, 6.07) is 10.1. The van der Waals surface area contributed by atoms with Gasteiger partial charge in [0.15, 0.2) is 5.78 Å². The van der Waals surface area contributed by atoms with Gasteiger partial charge in [0, 0.05) is 34.2 Å². The molecule has 2 amide bonds. The van der Waals surface area contributed by atoms with Crippen molar-refractivity contribution in [2.75, 3.05) is 16.4 Å². The molecule has 4 N–H and O–H groups in total. The Kier molecular flexibility index (Phi) is 6.26. The second kappa shape index (κ2) is 9.15. The van der Waals surface area contributed by atoms with Crippen LogP contribution in [0.15, 0.2) is 48.9 Å². The minimum atomic E-state index is -0.443. The number of ketones is 1. The van der Waals surface area contributed by atoms with Gasteiger partial charge in [0.2, 0.25) is 0 Å². The summed E-state index contributed by atoms with van der Waals surface area (Å²) in [4.78, 5) is 34.6. The topological polar surface area (TPSA) is 115 Å². The van der Waals surface area contributed by atoms with E-state index in [2.05, 4.69) is 20.6 Å². The normalized spacial score (nSPS) is 11.1. The van der Waals surface area contributed by atoms with Gasteiger partial charge in [-0.05, 0) is 63.1 Å². The summed E-state index contributed by atoms with van der Waals surface area (Å²) in [7, 11) is 0. The van der Waals surface area contributed by atoms with Crippen molar-refractivity contribution in [3.63, 3.8) is 0 Å². The third-order valence-electron chi connectivity index (χ3n) is 5.63. The first-order chi connectivity index (χ1) is 16.2. The van der Waals surface area contributed by atoms with Gasteiger partial charge in [-0.3, -0.25) is 4.79 Å². The van der Waals surface area contributed by atoms with E-state index in [0.29, 0.717) is 38.6 Å². The second-order valence-electron chi connectivity index (χ2n) is 8.40. The van der Waals surface area contributed by atoms with Gasteiger partial charge in [-0.2, -0.15) is 0 Å². The fourth-order valence-corrected chi connectivity index (χ4v) is 3.95. The highest BCUT2D eigenvalue weighted by Crippen LogP contribution is 2.30. The molecule has 2 heterocycles. The number of benzene rings is 2. The summed E-state index contributed by atoms with van der Waals surface area (Å²) >= 11 is 6.04. The van der Waals surface area contributed by atoms with E-state index in [1.807, 2.05) is 38.3 Å². The second-order valence-corrected chi connectivity index (χ2v) is 8.83. The van der Waals surface area contributed by atoms with Crippen LogP contribution in [0.1, 0.15) is 46.9 Å². The maximum absolute atomic E-state index is 13.6. The summed E-state index contributed by atoms with van der Waals surface area (Å²) in [5.74, 6) is 0.0223. The molecule has 4 aromatic rings. The van der Waals surface area contributed by atoms with Crippen molar-refractivity contribution in [2.45, 2.75) is 33.7 Å². The Morgan fingerprint density at radius 2 is 1.74 bits per heavy atom. The van der Waals surface area contributed by atoms with Gasteiger partial charge >= 0.3 is 6.03 Å². The number of anilines is 3. The lowest BCUT2D eigenvalue weighted by atomic mass is 9.98. The Balaban J connectivity index is 1.66. The molecule has 0 aliphatic rings. The van der Waals surface area contributed by atoms with Gasteiger partial charge in [-0.25, -0.2) is 14.8 Å². The average Bonchev–Trinajstić information content (AvgIpc) is 3.18. The highest BCUT2D eigenvalue weighted by molar-refractivity contribution is 6.31. The van der Waals surface area contributed by atoms with Crippen molar-refractivity contribution < 1.29 is 9.59 Å². The van der Waals surface area contributed by atoms with E-state index in [1.165, 1.54) is 6.33 Å². The molecule has 0 bridgehead atoms. The molecule has 0 aliphatic carbocycles. The zero-order valence-electron chi connectivity index (χ0n) is 19.3. The molecule has 4 rings (SSSR count). The standard InChI is InChI=1S/C25H25ClN6O2/c1-13(2)32-11-19(21-23(27)28-12-29-24(21)32)22(33)18-10-17(8-6-14(18)3)30-25(34)31-20-9-16(26)7-5-15(20)4/h5-13H,1-4H3,(H2,27,28,29)(H2,30,31,34). The molecule has 0 saturated carbocycles. The molecule has 8 nitrogen and oxygen atoms in total.